The number of para-hydroxylation sites is 2. The van der Waals surface area contributed by atoms with E-state index in [1.165, 1.54) is 12.3 Å². The Kier molecular flexibility index (Phi) is 6.66. The second-order valence-corrected chi connectivity index (χ2v) is 8.36. The van der Waals surface area contributed by atoms with Crippen LogP contribution in [0.2, 0.25) is 0 Å². The van der Waals surface area contributed by atoms with Gasteiger partial charge in [-0.1, -0.05) is 36.4 Å². The molecule has 0 saturated heterocycles. The van der Waals surface area contributed by atoms with Gasteiger partial charge in [-0.05, 0) is 54.6 Å². The topological polar surface area (TPSA) is 76.1 Å². The lowest BCUT2D eigenvalue weighted by Gasteiger charge is -2.14. The van der Waals surface area contributed by atoms with Gasteiger partial charge in [-0.2, -0.15) is 13.2 Å². The molecule has 3 aromatic carbocycles. The Balaban J connectivity index is 1.36. The zero-order valence-electron chi connectivity index (χ0n) is 20.1. The number of benzene rings is 3. The van der Waals surface area contributed by atoms with Gasteiger partial charge in [0.2, 0.25) is 0 Å². The number of ether oxygens (including phenoxy) is 1. The van der Waals surface area contributed by atoms with Gasteiger partial charge in [0.1, 0.15) is 11.4 Å². The number of aromatic nitrogens is 2. The number of nitrogens with one attached hydrogen (secondary N) is 2. The van der Waals surface area contributed by atoms with E-state index in [1.807, 2.05) is 24.3 Å². The van der Waals surface area contributed by atoms with Crippen molar-refractivity contribution >= 4 is 33.9 Å². The number of nitrogens with zero attached hydrogens (tertiary/aromatic N) is 2. The van der Waals surface area contributed by atoms with Crippen molar-refractivity contribution in [2.45, 2.75) is 6.18 Å². The van der Waals surface area contributed by atoms with Crippen LogP contribution in [0.15, 0.2) is 97.2 Å². The molecule has 0 aliphatic carbocycles. The third-order valence-electron chi connectivity index (χ3n) is 5.81. The molecular formula is C29H21F3N4O2. The molecule has 0 saturated carbocycles. The molecule has 2 aromatic heterocycles. The maximum atomic E-state index is 13.4. The van der Waals surface area contributed by atoms with Crippen LogP contribution in [0, 0.1) is 0 Å². The third kappa shape index (κ3) is 5.27. The highest BCUT2D eigenvalue weighted by atomic mass is 19.4. The molecule has 1 amide bonds. The van der Waals surface area contributed by atoms with Crippen LogP contribution in [0.4, 0.5) is 30.2 Å². The van der Waals surface area contributed by atoms with Crippen LogP contribution in [-0.4, -0.2) is 23.0 Å². The summed E-state index contributed by atoms with van der Waals surface area (Å²) >= 11 is 0. The molecule has 2 heterocycles. The van der Waals surface area contributed by atoms with E-state index in [0.29, 0.717) is 33.8 Å². The lowest BCUT2D eigenvalue weighted by atomic mass is 10.1. The summed E-state index contributed by atoms with van der Waals surface area (Å²) in [5.41, 5.74) is 2.25. The van der Waals surface area contributed by atoms with Crippen LogP contribution in [0.1, 0.15) is 16.1 Å². The number of alkyl halides is 3. The summed E-state index contributed by atoms with van der Waals surface area (Å²) in [7, 11) is 1.58. The molecule has 38 heavy (non-hydrogen) atoms. The smallest absolute Gasteiger partial charge is 0.433 e. The summed E-state index contributed by atoms with van der Waals surface area (Å²) in [6, 6.07) is 25.1. The molecule has 0 bridgehead atoms. The normalized spacial score (nSPS) is 11.3. The van der Waals surface area contributed by atoms with E-state index in [0.717, 1.165) is 11.6 Å². The summed E-state index contributed by atoms with van der Waals surface area (Å²) < 4.78 is 45.6. The van der Waals surface area contributed by atoms with Crippen LogP contribution >= 0.6 is 0 Å². The summed E-state index contributed by atoms with van der Waals surface area (Å²) in [4.78, 5) is 21.0. The molecule has 0 fully saturated rings. The van der Waals surface area contributed by atoms with Gasteiger partial charge < -0.3 is 15.4 Å². The third-order valence-corrected chi connectivity index (χ3v) is 5.81. The van der Waals surface area contributed by atoms with Gasteiger partial charge in [-0.25, -0.2) is 4.98 Å². The Morgan fingerprint density at radius 3 is 2.39 bits per heavy atom. The number of pyridine rings is 2. The predicted molar refractivity (Wildman–Crippen MR) is 141 cm³/mol. The molecule has 9 heteroatoms. The number of anilines is 3. The quantitative estimate of drug-likeness (QED) is 0.248. The molecule has 5 aromatic rings. The molecule has 2 N–H and O–H groups in total. The standard InChI is InChI=1S/C29H21F3N4O2/c1-38-26-12-5-3-10-22(26)23-14-13-18(17-33-23)28(37)35-20-8-6-7-19(15-20)34-25-16-27(29(30,31)32)36-24-11-4-2-9-21(24)25/h2-17H,1H3,(H,34,36)(H,35,37). The predicted octanol–water partition coefficient (Wildman–Crippen LogP) is 7.32. The first-order valence-electron chi connectivity index (χ1n) is 11.6. The van der Waals surface area contributed by atoms with Crippen LogP contribution in [0.3, 0.4) is 0 Å². The number of fused-ring (bicyclic) bond motifs is 1. The second kappa shape index (κ2) is 10.2. The molecule has 0 aliphatic rings. The molecule has 0 atom stereocenters. The van der Waals surface area contributed by atoms with Crippen molar-refractivity contribution in [2.24, 2.45) is 0 Å². The number of rotatable bonds is 6. The monoisotopic (exact) mass is 514 g/mol. The van der Waals surface area contributed by atoms with E-state index in [-0.39, 0.29) is 17.1 Å². The molecule has 0 spiro atoms. The highest BCUT2D eigenvalue weighted by Crippen LogP contribution is 2.34. The first-order valence-corrected chi connectivity index (χ1v) is 11.6. The number of hydrogen-bond donors (Lipinski definition) is 2. The van der Waals surface area contributed by atoms with Gasteiger partial charge in [-0.3, -0.25) is 9.78 Å². The Labute approximate surface area is 216 Å². The minimum Gasteiger partial charge on any atom is -0.496 e. The summed E-state index contributed by atoms with van der Waals surface area (Å²) in [6.45, 7) is 0. The lowest BCUT2D eigenvalue weighted by molar-refractivity contribution is -0.140. The lowest BCUT2D eigenvalue weighted by Crippen LogP contribution is -2.12. The van der Waals surface area contributed by atoms with Gasteiger partial charge in [-0.15, -0.1) is 0 Å². The van der Waals surface area contributed by atoms with Crippen molar-refractivity contribution in [3.63, 3.8) is 0 Å². The highest BCUT2D eigenvalue weighted by molar-refractivity contribution is 6.04. The fourth-order valence-electron chi connectivity index (χ4n) is 4.00. The van der Waals surface area contributed by atoms with Crippen LogP contribution in [0.5, 0.6) is 5.75 Å². The van der Waals surface area contributed by atoms with Gasteiger partial charge in [0.15, 0.2) is 0 Å². The number of carbonyl (C=O) groups is 1. The van der Waals surface area contributed by atoms with Crippen molar-refractivity contribution in [2.75, 3.05) is 17.7 Å². The minimum atomic E-state index is -4.59. The van der Waals surface area contributed by atoms with E-state index in [1.54, 1.807) is 61.7 Å². The van der Waals surface area contributed by atoms with Crippen molar-refractivity contribution < 1.29 is 22.7 Å². The Morgan fingerprint density at radius 2 is 1.63 bits per heavy atom. The average molecular weight is 515 g/mol. The summed E-state index contributed by atoms with van der Waals surface area (Å²) in [6.07, 6.45) is -3.12. The Morgan fingerprint density at radius 1 is 0.868 bits per heavy atom. The molecule has 190 valence electrons. The number of methoxy groups -OCH3 is 1. The second-order valence-electron chi connectivity index (χ2n) is 8.36. The first kappa shape index (κ1) is 24.8. The Hall–Kier alpha value is -4.92. The average Bonchev–Trinajstić information content (AvgIpc) is 2.93. The summed E-state index contributed by atoms with van der Waals surface area (Å²) in [5, 5.41) is 6.37. The van der Waals surface area contributed by atoms with Crippen molar-refractivity contribution in [3.05, 3.63) is 108 Å². The fourth-order valence-corrected chi connectivity index (χ4v) is 4.00. The van der Waals surface area contributed by atoms with E-state index in [4.69, 9.17) is 4.74 Å². The van der Waals surface area contributed by atoms with Gasteiger partial charge >= 0.3 is 6.18 Å². The largest absolute Gasteiger partial charge is 0.496 e. The molecular weight excluding hydrogens is 493 g/mol. The van der Waals surface area contributed by atoms with E-state index >= 15 is 0 Å². The van der Waals surface area contributed by atoms with Crippen molar-refractivity contribution in [1.82, 2.24) is 9.97 Å². The van der Waals surface area contributed by atoms with Crippen LogP contribution in [-0.2, 0) is 6.18 Å². The SMILES string of the molecule is COc1ccccc1-c1ccc(C(=O)Nc2cccc(Nc3cc(C(F)(F)F)nc4ccccc34)c2)cn1. The number of hydrogen-bond acceptors (Lipinski definition) is 5. The van der Waals surface area contributed by atoms with Gasteiger partial charge in [0.25, 0.3) is 5.91 Å². The minimum absolute atomic E-state index is 0.221. The van der Waals surface area contributed by atoms with Gasteiger partial charge in [0, 0.05) is 28.5 Å². The zero-order valence-corrected chi connectivity index (χ0v) is 20.1. The first-order chi connectivity index (χ1) is 18.3. The molecule has 0 aliphatic heterocycles. The van der Waals surface area contributed by atoms with Crippen molar-refractivity contribution in [3.8, 4) is 17.0 Å². The molecule has 5 rings (SSSR count). The molecule has 0 unspecified atom stereocenters. The molecule has 0 radical (unpaired) electrons. The van der Waals surface area contributed by atoms with Crippen LogP contribution in [0.25, 0.3) is 22.2 Å². The Bertz CT molecular complexity index is 1620. The van der Waals surface area contributed by atoms with E-state index < -0.39 is 11.9 Å². The summed E-state index contributed by atoms with van der Waals surface area (Å²) in [5.74, 6) is 0.292. The number of amides is 1. The number of carbonyl (C=O) groups excluding carboxylic acids is 1. The maximum absolute atomic E-state index is 13.4. The zero-order chi connectivity index (χ0) is 26.7. The van der Waals surface area contributed by atoms with Crippen LogP contribution < -0.4 is 15.4 Å². The number of halogens is 3. The molecule has 6 nitrogen and oxygen atoms in total. The van der Waals surface area contributed by atoms with Crippen molar-refractivity contribution in [1.29, 1.82) is 0 Å². The van der Waals surface area contributed by atoms with E-state index in [9.17, 15) is 18.0 Å². The highest BCUT2D eigenvalue weighted by Gasteiger charge is 2.33. The maximum Gasteiger partial charge on any atom is 0.433 e. The van der Waals surface area contributed by atoms with E-state index in [2.05, 4.69) is 20.6 Å². The fraction of sp³-hybridized carbons (Fsp3) is 0.0690. The van der Waals surface area contributed by atoms with Gasteiger partial charge in [0.05, 0.1) is 29.6 Å².